The van der Waals surface area contributed by atoms with Gasteiger partial charge >= 0.3 is 0 Å². The van der Waals surface area contributed by atoms with Crippen LogP contribution < -0.4 is 5.43 Å². The van der Waals surface area contributed by atoms with Crippen LogP contribution in [0.25, 0.3) is 17.1 Å². The summed E-state index contributed by atoms with van der Waals surface area (Å²) in [4.78, 5) is 12.3. The molecule has 0 spiro atoms. The number of aromatic hydroxyl groups is 1. The monoisotopic (exact) mass is 463 g/mol. The molecular weight excluding hydrogens is 446 g/mol. The van der Waals surface area contributed by atoms with Gasteiger partial charge in [0, 0.05) is 16.3 Å². The average Bonchev–Trinajstić information content (AvgIpc) is 3.24. The molecule has 160 valence electrons. The second-order valence-electron chi connectivity index (χ2n) is 6.66. The Morgan fingerprint density at radius 1 is 1.03 bits per heavy atom. The highest BCUT2D eigenvalue weighted by molar-refractivity contribution is 7.99. The molecule has 0 aliphatic rings. The third kappa shape index (κ3) is 5.35. The Kier molecular flexibility index (Phi) is 6.84. The van der Waals surface area contributed by atoms with Crippen molar-refractivity contribution in [3.8, 4) is 22.8 Å². The summed E-state index contributed by atoms with van der Waals surface area (Å²) in [6.07, 6.45) is 1.51. The molecule has 1 heterocycles. The van der Waals surface area contributed by atoms with Crippen LogP contribution in [0.5, 0.6) is 5.75 Å². The van der Waals surface area contributed by atoms with Crippen molar-refractivity contribution >= 4 is 35.5 Å². The summed E-state index contributed by atoms with van der Waals surface area (Å²) in [5.74, 6) is 0.661. The van der Waals surface area contributed by atoms with E-state index in [9.17, 15) is 9.90 Å². The fourth-order valence-corrected chi connectivity index (χ4v) is 3.73. The molecule has 3 aromatic carbocycles. The number of rotatable bonds is 7. The molecule has 0 saturated heterocycles. The molecular formula is C23H18ClN5O2S. The second-order valence-corrected chi connectivity index (χ2v) is 8.04. The van der Waals surface area contributed by atoms with Crippen LogP contribution in [0.3, 0.4) is 0 Å². The van der Waals surface area contributed by atoms with Crippen LogP contribution in [0.4, 0.5) is 0 Å². The molecule has 0 radical (unpaired) electrons. The van der Waals surface area contributed by atoms with Crippen molar-refractivity contribution in [2.45, 2.75) is 5.16 Å². The van der Waals surface area contributed by atoms with Gasteiger partial charge in [-0.05, 0) is 54.1 Å². The van der Waals surface area contributed by atoms with Gasteiger partial charge in [-0.3, -0.25) is 9.36 Å². The lowest BCUT2D eigenvalue weighted by Crippen LogP contribution is -2.20. The number of amides is 1. The molecule has 0 aliphatic heterocycles. The van der Waals surface area contributed by atoms with E-state index in [0.29, 0.717) is 16.0 Å². The van der Waals surface area contributed by atoms with Gasteiger partial charge in [0.1, 0.15) is 5.75 Å². The number of hydrogen-bond donors (Lipinski definition) is 2. The number of hydrazone groups is 1. The Morgan fingerprint density at radius 3 is 2.47 bits per heavy atom. The molecule has 0 unspecified atom stereocenters. The Bertz CT molecular complexity index is 1230. The van der Waals surface area contributed by atoms with E-state index in [1.165, 1.54) is 18.0 Å². The third-order valence-electron chi connectivity index (χ3n) is 4.38. The molecule has 1 amide bonds. The van der Waals surface area contributed by atoms with Crippen LogP contribution in [0.2, 0.25) is 5.02 Å². The fraction of sp³-hybridized carbons (Fsp3) is 0.0435. The van der Waals surface area contributed by atoms with E-state index in [4.69, 9.17) is 11.6 Å². The zero-order chi connectivity index (χ0) is 22.3. The van der Waals surface area contributed by atoms with Crippen LogP contribution in [-0.2, 0) is 4.79 Å². The number of hydrogen-bond acceptors (Lipinski definition) is 6. The van der Waals surface area contributed by atoms with Crippen molar-refractivity contribution in [1.82, 2.24) is 20.2 Å². The number of nitrogens with one attached hydrogen (secondary N) is 1. The smallest absolute Gasteiger partial charge is 0.250 e. The maximum absolute atomic E-state index is 12.3. The molecule has 1 aromatic heterocycles. The largest absolute Gasteiger partial charge is 0.508 e. The van der Waals surface area contributed by atoms with Gasteiger partial charge in [-0.1, -0.05) is 53.7 Å². The number of thioether (sulfide) groups is 1. The summed E-state index contributed by atoms with van der Waals surface area (Å²) < 4.78 is 1.89. The topological polar surface area (TPSA) is 92.4 Å². The highest BCUT2D eigenvalue weighted by Crippen LogP contribution is 2.28. The van der Waals surface area contributed by atoms with Crippen LogP contribution in [0.1, 0.15) is 5.56 Å². The Balaban J connectivity index is 1.49. The average molecular weight is 464 g/mol. The van der Waals surface area contributed by atoms with Gasteiger partial charge < -0.3 is 5.11 Å². The molecule has 4 rings (SSSR count). The summed E-state index contributed by atoms with van der Waals surface area (Å²) in [6.45, 7) is 0. The van der Waals surface area contributed by atoms with Gasteiger partial charge in [-0.2, -0.15) is 5.10 Å². The van der Waals surface area contributed by atoms with E-state index in [-0.39, 0.29) is 17.4 Å². The van der Waals surface area contributed by atoms with Crippen molar-refractivity contribution in [2.75, 3.05) is 5.75 Å². The van der Waals surface area contributed by atoms with Crippen LogP contribution in [0.15, 0.2) is 89.1 Å². The van der Waals surface area contributed by atoms with E-state index in [1.54, 1.807) is 36.4 Å². The quantitative estimate of drug-likeness (QED) is 0.238. The predicted molar refractivity (Wildman–Crippen MR) is 126 cm³/mol. The van der Waals surface area contributed by atoms with E-state index >= 15 is 0 Å². The van der Waals surface area contributed by atoms with Gasteiger partial charge in [0.05, 0.1) is 12.0 Å². The minimum atomic E-state index is -0.281. The Morgan fingerprint density at radius 2 is 1.75 bits per heavy atom. The van der Waals surface area contributed by atoms with Gasteiger partial charge in [-0.15, -0.1) is 10.2 Å². The number of aromatic nitrogens is 3. The first kappa shape index (κ1) is 21.6. The molecule has 0 atom stereocenters. The molecule has 4 aromatic rings. The van der Waals surface area contributed by atoms with Crippen LogP contribution in [0, 0.1) is 0 Å². The molecule has 0 fully saturated rings. The predicted octanol–water partition coefficient (Wildman–Crippen LogP) is 4.54. The fourth-order valence-electron chi connectivity index (χ4n) is 2.86. The van der Waals surface area contributed by atoms with Gasteiger partial charge in [0.15, 0.2) is 11.0 Å². The molecule has 2 N–H and O–H groups in total. The van der Waals surface area contributed by atoms with Gasteiger partial charge in [0.25, 0.3) is 5.91 Å². The third-order valence-corrected chi connectivity index (χ3v) is 5.56. The zero-order valence-corrected chi connectivity index (χ0v) is 18.3. The number of carbonyl (C=O) groups excluding carboxylic acids is 1. The van der Waals surface area contributed by atoms with Crippen molar-refractivity contribution in [3.05, 3.63) is 89.4 Å². The minimum absolute atomic E-state index is 0.105. The van der Waals surface area contributed by atoms with Gasteiger partial charge in [-0.25, -0.2) is 5.43 Å². The summed E-state index contributed by atoms with van der Waals surface area (Å²) in [7, 11) is 0. The maximum Gasteiger partial charge on any atom is 0.250 e. The first-order valence-electron chi connectivity index (χ1n) is 9.60. The lowest BCUT2D eigenvalue weighted by Gasteiger charge is -2.10. The standard InChI is InChI=1S/C23H18ClN5O2S/c24-18-8-10-19(11-9-18)29-22(17-4-2-1-3-5-17)27-28-23(29)32-15-21(31)26-25-14-16-6-12-20(30)13-7-16/h1-14,30H,15H2,(H,26,31)/b25-14-. The molecule has 0 bridgehead atoms. The molecule has 0 saturated carbocycles. The molecule has 32 heavy (non-hydrogen) atoms. The van der Waals surface area contributed by atoms with Crippen molar-refractivity contribution in [1.29, 1.82) is 0 Å². The maximum atomic E-state index is 12.3. The summed E-state index contributed by atoms with van der Waals surface area (Å²) in [5.41, 5.74) is 5.00. The molecule has 7 nitrogen and oxygen atoms in total. The van der Waals surface area contributed by atoms with Crippen LogP contribution in [-0.4, -0.2) is 37.7 Å². The zero-order valence-electron chi connectivity index (χ0n) is 16.7. The lowest BCUT2D eigenvalue weighted by molar-refractivity contribution is -0.118. The SMILES string of the molecule is O=C(CSc1nnc(-c2ccccc2)n1-c1ccc(Cl)cc1)N/N=C\c1ccc(O)cc1. The Labute approximate surface area is 193 Å². The van der Waals surface area contributed by atoms with E-state index in [1.807, 2.05) is 47.0 Å². The van der Waals surface area contributed by atoms with Crippen molar-refractivity contribution in [3.63, 3.8) is 0 Å². The second kappa shape index (κ2) is 10.1. The summed E-state index contributed by atoms with van der Waals surface area (Å²) in [5, 5.41) is 23.1. The normalized spacial score (nSPS) is 11.0. The first-order chi connectivity index (χ1) is 15.6. The van der Waals surface area contributed by atoms with Gasteiger partial charge in [0.2, 0.25) is 0 Å². The van der Waals surface area contributed by atoms with Crippen molar-refractivity contribution in [2.24, 2.45) is 5.10 Å². The number of benzene rings is 3. The molecule has 0 aliphatic carbocycles. The number of halogens is 1. The molecule has 9 heteroatoms. The van der Waals surface area contributed by atoms with E-state index in [0.717, 1.165) is 16.8 Å². The first-order valence-corrected chi connectivity index (χ1v) is 11.0. The minimum Gasteiger partial charge on any atom is -0.508 e. The number of nitrogens with zero attached hydrogens (tertiary/aromatic N) is 4. The van der Waals surface area contributed by atoms with Crippen LogP contribution >= 0.6 is 23.4 Å². The summed E-state index contributed by atoms with van der Waals surface area (Å²) in [6, 6.07) is 23.5. The summed E-state index contributed by atoms with van der Waals surface area (Å²) >= 11 is 7.30. The Hall–Kier alpha value is -3.62. The van der Waals surface area contributed by atoms with Crippen molar-refractivity contribution < 1.29 is 9.90 Å². The van der Waals surface area contributed by atoms with E-state index in [2.05, 4.69) is 20.7 Å². The highest BCUT2D eigenvalue weighted by atomic mass is 35.5. The number of carbonyl (C=O) groups is 1. The highest BCUT2D eigenvalue weighted by Gasteiger charge is 2.17. The number of phenolic OH excluding ortho intramolecular Hbond substituents is 1. The lowest BCUT2D eigenvalue weighted by atomic mass is 10.2. The van der Waals surface area contributed by atoms with E-state index < -0.39 is 0 Å². The number of phenols is 1.